The van der Waals surface area contributed by atoms with E-state index >= 15 is 0 Å². The highest BCUT2D eigenvalue weighted by Gasteiger charge is 2.19. The first-order valence-electron chi connectivity index (χ1n) is 6.70. The Kier molecular flexibility index (Phi) is 6.99. The van der Waals surface area contributed by atoms with E-state index in [1.165, 1.54) is 6.07 Å². The second kappa shape index (κ2) is 8.55. The highest BCUT2D eigenvalue weighted by atomic mass is 19.1. The summed E-state index contributed by atoms with van der Waals surface area (Å²) in [5.41, 5.74) is 0.608. The largest absolute Gasteiger partial charge is 0.496 e. The van der Waals surface area contributed by atoms with Gasteiger partial charge < -0.3 is 10.1 Å². The number of ether oxygens (including phenoxy) is 1. The molecule has 0 bridgehead atoms. The van der Waals surface area contributed by atoms with E-state index in [1.807, 2.05) is 6.92 Å². The van der Waals surface area contributed by atoms with Gasteiger partial charge in [0.25, 0.3) is 0 Å². The van der Waals surface area contributed by atoms with Crippen molar-refractivity contribution in [2.45, 2.75) is 39.2 Å². The first kappa shape index (κ1) is 15.5. The third-order valence-electron chi connectivity index (χ3n) is 2.96. The van der Waals surface area contributed by atoms with E-state index in [4.69, 9.17) is 4.74 Å². The molecule has 1 rings (SSSR count). The van der Waals surface area contributed by atoms with E-state index < -0.39 is 0 Å². The predicted molar refractivity (Wildman–Crippen MR) is 76.7 cm³/mol. The Morgan fingerprint density at radius 1 is 1.42 bits per heavy atom. The molecule has 3 heteroatoms. The van der Waals surface area contributed by atoms with Crippen LogP contribution in [0.3, 0.4) is 0 Å². The molecule has 1 aromatic carbocycles. The molecule has 0 amide bonds. The van der Waals surface area contributed by atoms with Gasteiger partial charge >= 0.3 is 0 Å². The topological polar surface area (TPSA) is 21.3 Å². The molecule has 2 nitrogen and oxygen atoms in total. The summed E-state index contributed by atoms with van der Waals surface area (Å²) in [6.07, 6.45) is 2.53. The molecule has 1 unspecified atom stereocenters. The third kappa shape index (κ3) is 4.57. The van der Waals surface area contributed by atoms with Crippen LogP contribution >= 0.6 is 0 Å². The van der Waals surface area contributed by atoms with Gasteiger partial charge in [-0.1, -0.05) is 13.0 Å². The van der Waals surface area contributed by atoms with Crippen molar-refractivity contribution in [3.05, 3.63) is 29.6 Å². The summed E-state index contributed by atoms with van der Waals surface area (Å²) < 4.78 is 19.3. The second-order valence-corrected chi connectivity index (χ2v) is 4.33. The normalized spacial score (nSPS) is 11.6. The molecule has 19 heavy (non-hydrogen) atoms. The molecule has 0 radical (unpaired) electrons. The quantitative estimate of drug-likeness (QED) is 0.758. The standard InChI is InChI=1S/C16H22FNO/c1-4-6-7-10-14(18-12-5-2)16-13(17)9-8-11-15(16)19-3/h8-9,11,14,18H,5,7,10,12H2,1-3H3. The Bertz CT molecular complexity index is 448. The average molecular weight is 263 g/mol. The lowest BCUT2D eigenvalue weighted by Gasteiger charge is -2.21. The molecule has 0 aliphatic carbocycles. The number of nitrogens with one attached hydrogen (secondary N) is 1. The summed E-state index contributed by atoms with van der Waals surface area (Å²) in [4.78, 5) is 0. The first-order chi connectivity index (χ1) is 9.24. The molecule has 1 aromatic rings. The van der Waals surface area contributed by atoms with E-state index in [1.54, 1.807) is 19.2 Å². The zero-order valence-electron chi connectivity index (χ0n) is 11.9. The van der Waals surface area contributed by atoms with Crippen LogP contribution in [0.5, 0.6) is 5.75 Å². The van der Waals surface area contributed by atoms with Crippen LogP contribution in [0.4, 0.5) is 4.39 Å². The van der Waals surface area contributed by atoms with Crippen molar-refractivity contribution < 1.29 is 9.13 Å². The monoisotopic (exact) mass is 263 g/mol. The number of benzene rings is 1. The third-order valence-corrected chi connectivity index (χ3v) is 2.96. The van der Waals surface area contributed by atoms with E-state index in [9.17, 15) is 4.39 Å². The number of methoxy groups -OCH3 is 1. The SMILES string of the molecule is CC#CCCC(NCCC)c1c(F)cccc1OC. The minimum atomic E-state index is -0.225. The number of hydrogen-bond donors (Lipinski definition) is 1. The van der Waals surface area contributed by atoms with Crippen molar-refractivity contribution in [3.8, 4) is 17.6 Å². The minimum absolute atomic E-state index is 0.0584. The average Bonchev–Trinajstić information content (AvgIpc) is 2.43. The Labute approximate surface area is 115 Å². The van der Waals surface area contributed by atoms with E-state index in [-0.39, 0.29) is 11.9 Å². The van der Waals surface area contributed by atoms with Crippen LogP contribution in [0.2, 0.25) is 0 Å². The molecule has 0 heterocycles. The van der Waals surface area contributed by atoms with E-state index in [0.717, 1.165) is 25.8 Å². The smallest absolute Gasteiger partial charge is 0.131 e. The van der Waals surface area contributed by atoms with Crippen molar-refractivity contribution >= 4 is 0 Å². The minimum Gasteiger partial charge on any atom is -0.496 e. The van der Waals surface area contributed by atoms with Crippen LogP contribution in [0.1, 0.15) is 44.7 Å². The second-order valence-electron chi connectivity index (χ2n) is 4.33. The summed E-state index contributed by atoms with van der Waals surface area (Å²) in [5.74, 6) is 6.27. The fourth-order valence-corrected chi connectivity index (χ4v) is 2.04. The van der Waals surface area contributed by atoms with Gasteiger partial charge in [0, 0.05) is 18.0 Å². The number of rotatable bonds is 7. The zero-order valence-corrected chi connectivity index (χ0v) is 11.9. The van der Waals surface area contributed by atoms with Gasteiger partial charge in [-0.2, -0.15) is 0 Å². The van der Waals surface area contributed by atoms with Crippen molar-refractivity contribution in [2.24, 2.45) is 0 Å². The zero-order chi connectivity index (χ0) is 14.1. The maximum Gasteiger partial charge on any atom is 0.131 e. The Morgan fingerprint density at radius 2 is 2.21 bits per heavy atom. The summed E-state index contributed by atoms with van der Waals surface area (Å²) in [7, 11) is 1.57. The molecule has 104 valence electrons. The number of hydrogen-bond acceptors (Lipinski definition) is 2. The van der Waals surface area contributed by atoms with Crippen LogP contribution in [0.15, 0.2) is 18.2 Å². The Hall–Kier alpha value is -1.53. The van der Waals surface area contributed by atoms with Crippen molar-refractivity contribution in [3.63, 3.8) is 0 Å². The predicted octanol–water partition coefficient (Wildman–Crippen LogP) is 3.68. The summed E-state index contributed by atoms with van der Waals surface area (Å²) in [5, 5.41) is 3.37. The molecular formula is C16H22FNO. The van der Waals surface area contributed by atoms with Gasteiger partial charge in [-0.15, -0.1) is 11.8 Å². The summed E-state index contributed by atoms with van der Waals surface area (Å²) >= 11 is 0. The highest BCUT2D eigenvalue weighted by Crippen LogP contribution is 2.30. The fraction of sp³-hybridized carbons (Fsp3) is 0.500. The van der Waals surface area contributed by atoms with Crippen LogP contribution in [-0.2, 0) is 0 Å². The number of halogens is 1. The van der Waals surface area contributed by atoms with Gasteiger partial charge in [-0.25, -0.2) is 4.39 Å². The molecule has 0 aromatic heterocycles. The Balaban J connectivity index is 2.96. The first-order valence-corrected chi connectivity index (χ1v) is 6.70. The molecule has 0 spiro atoms. The lowest BCUT2D eigenvalue weighted by atomic mass is 10.00. The van der Waals surface area contributed by atoms with E-state index in [2.05, 4.69) is 24.1 Å². The van der Waals surface area contributed by atoms with Crippen LogP contribution in [0.25, 0.3) is 0 Å². The molecular weight excluding hydrogens is 241 g/mol. The molecule has 1 N–H and O–H groups in total. The molecule has 0 saturated heterocycles. The van der Waals surface area contributed by atoms with Crippen LogP contribution in [0, 0.1) is 17.7 Å². The summed E-state index contributed by atoms with van der Waals surface area (Å²) in [6, 6.07) is 4.88. The van der Waals surface area contributed by atoms with E-state index in [0.29, 0.717) is 11.3 Å². The van der Waals surface area contributed by atoms with Crippen LogP contribution < -0.4 is 10.1 Å². The van der Waals surface area contributed by atoms with Crippen LogP contribution in [-0.4, -0.2) is 13.7 Å². The lowest BCUT2D eigenvalue weighted by Crippen LogP contribution is -2.23. The molecule has 0 fully saturated rings. The molecule has 0 aliphatic heterocycles. The Morgan fingerprint density at radius 3 is 2.84 bits per heavy atom. The lowest BCUT2D eigenvalue weighted by molar-refractivity contribution is 0.386. The van der Waals surface area contributed by atoms with Gasteiger partial charge in [0.05, 0.1) is 7.11 Å². The van der Waals surface area contributed by atoms with Gasteiger partial charge in [-0.05, 0) is 38.4 Å². The summed E-state index contributed by atoms with van der Waals surface area (Å²) in [6.45, 7) is 4.76. The van der Waals surface area contributed by atoms with Gasteiger partial charge in [-0.3, -0.25) is 0 Å². The van der Waals surface area contributed by atoms with Gasteiger partial charge in [0.1, 0.15) is 11.6 Å². The van der Waals surface area contributed by atoms with Gasteiger partial charge in [0.2, 0.25) is 0 Å². The van der Waals surface area contributed by atoms with Crippen molar-refractivity contribution in [1.82, 2.24) is 5.32 Å². The van der Waals surface area contributed by atoms with Crippen molar-refractivity contribution in [2.75, 3.05) is 13.7 Å². The van der Waals surface area contributed by atoms with Crippen molar-refractivity contribution in [1.29, 1.82) is 0 Å². The molecule has 0 aliphatic rings. The fourth-order valence-electron chi connectivity index (χ4n) is 2.04. The molecule has 1 atom stereocenters. The maximum atomic E-state index is 14.1. The van der Waals surface area contributed by atoms with Gasteiger partial charge in [0.15, 0.2) is 0 Å². The maximum absolute atomic E-state index is 14.1. The highest BCUT2D eigenvalue weighted by molar-refractivity contribution is 5.37. The molecule has 0 saturated carbocycles.